The molecule has 11 heteroatoms. The number of nitrogens with zero attached hydrogens (tertiary/aromatic N) is 5. The maximum Gasteiger partial charge on any atom is 0.269 e. The van der Waals surface area contributed by atoms with Gasteiger partial charge in [-0.1, -0.05) is 29.3 Å². The van der Waals surface area contributed by atoms with Gasteiger partial charge in [-0.15, -0.1) is 0 Å². The lowest BCUT2D eigenvalue weighted by Gasteiger charge is -2.21. The molecule has 0 fully saturated rings. The molecule has 3 aromatic heterocycles. The number of anilines is 1. The highest BCUT2D eigenvalue weighted by molar-refractivity contribution is 6.34. The van der Waals surface area contributed by atoms with E-state index in [1.165, 1.54) is 35.4 Å². The maximum absolute atomic E-state index is 14.6. The van der Waals surface area contributed by atoms with E-state index in [9.17, 15) is 9.18 Å². The highest BCUT2D eigenvalue weighted by Gasteiger charge is 2.22. The molecule has 1 unspecified atom stereocenters. The standard InChI is InChI=1S/C21H14Cl2FN7O/c1-10(29-19-17-18(26-8-25-17)27-9-28-19)20-30-14-4-2-3-13(24)16(14)21(32)31(20)15-7-11(22)5-6-12(15)23/h2-10H,1H3,(H2,25,26,27,28,29). The summed E-state index contributed by atoms with van der Waals surface area (Å²) in [6, 6.07) is 8.44. The number of hydrogen-bond acceptors (Lipinski definition) is 6. The lowest BCUT2D eigenvalue weighted by molar-refractivity contribution is 0.635. The van der Waals surface area contributed by atoms with Crippen molar-refractivity contribution in [3.63, 3.8) is 0 Å². The summed E-state index contributed by atoms with van der Waals surface area (Å²) in [5, 5.41) is 3.70. The van der Waals surface area contributed by atoms with Gasteiger partial charge in [0.2, 0.25) is 0 Å². The zero-order chi connectivity index (χ0) is 22.4. The Morgan fingerprint density at radius 1 is 1.16 bits per heavy atom. The number of halogens is 3. The zero-order valence-corrected chi connectivity index (χ0v) is 18.0. The number of imidazole rings is 1. The lowest BCUT2D eigenvalue weighted by atomic mass is 10.2. The molecule has 0 bridgehead atoms. The van der Waals surface area contributed by atoms with Gasteiger partial charge < -0.3 is 10.3 Å². The number of aromatic amines is 1. The molecule has 32 heavy (non-hydrogen) atoms. The zero-order valence-electron chi connectivity index (χ0n) is 16.5. The summed E-state index contributed by atoms with van der Waals surface area (Å²) in [7, 11) is 0. The average molecular weight is 470 g/mol. The largest absolute Gasteiger partial charge is 0.358 e. The molecule has 2 aromatic carbocycles. The van der Waals surface area contributed by atoms with Crippen molar-refractivity contribution in [2.24, 2.45) is 0 Å². The van der Waals surface area contributed by atoms with Crippen LogP contribution in [-0.4, -0.2) is 29.5 Å². The predicted molar refractivity (Wildman–Crippen MR) is 121 cm³/mol. The number of hydrogen-bond donors (Lipinski definition) is 2. The Hall–Kier alpha value is -3.56. The monoisotopic (exact) mass is 469 g/mol. The molecule has 160 valence electrons. The Bertz CT molecular complexity index is 1550. The molecule has 0 spiro atoms. The topological polar surface area (TPSA) is 101 Å². The first kappa shape index (κ1) is 20.3. The third-order valence-electron chi connectivity index (χ3n) is 4.98. The maximum atomic E-state index is 14.6. The van der Waals surface area contributed by atoms with Crippen molar-refractivity contribution in [2.75, 3.05) is 5.32 Å². The normalized spacial score (nSPS) is 12.4. The second-order valence-electron chi connectivity index (χ2n) is 7.03. The van der Waals surface area contributed by atoms with Gasteiger partial charge >= 0.3 is 0 Å². The molecule has 0 aliphatic heterocycles. The van der Waals surface area contributed by atoms with Crippen LogP contribution in [0.5, 0.6) is 0 Å². The highest BCUT2D eigenvalue weighted by Crippen LogP contribution is 2.28. The molecule has 5 rings (SSSR count). The minimum atomic E-state index is -0.673. The van der Waals surface area contributed by atoms with E-state index in [4.69, 9.17) is 23.2 Å². The number of H-pyrrole nitrogens is 1. The van der Waals surface area contributed by atoms with Crippen molar-refractivity contribution in [3.8, 4) is 5.69 Å². The van der Waals surface area contributed by atoms with Crippen molar-refractivity contribution in [3.05, 3.63) is 81.1 Å². The number of nitrogens with one attached hydrogen (secondary N) is 2. The molecule has 0 amide bonds. The Morgan fingerprint density at radius 2 is 2.00 bits per heavy atom. The van der Waals surface area contributed by atoms with Gasteiger partial charge in [-0.2, -0.15) is 0 Å². The first-order valence-corrected chi connectivity index (χ1v) is 10.3. The van der Waals surface area contributed by atoms with Gasteiger partial charge in [0.05, 0.1) is 28.6 Å². The van der Waals surface area contributed by atoms with Crippen LogP contribution in [0.1, 0.15) is 18.8 Å². The SMILES string of the molecule is CC(Nc1ncnc2[nH]cnc12)c1nc2cccc(F)c2c(=O)n1-c1cc(Cl)ccc1Cl. The fourth-order valence-corrected chi connectivity index (χ4v) is 3.90. The predicted octanol–water partition coefficient (Wildman–Crippen LogP) is 4.67. The second kappa shape index (κ2) is 7.85. The number of benzene rings is 2. The summed E-state index contributed by atoms with van der Waals surface area (Å²) in [6.07, 6.45) is 2.90. The number of rotatable bonds is 4. The van der Waals surface area contributed by atoms with Crippen molar-refractivity contribution in [2.45, 2.75) is 13.0 Å². The minimum Gasteiger partial charge on any atom is -0.358 e. The van der Waals surface area contributed by atoms with Gasteiger partial charge in [-0.25, -0.2) is 24.3 Å². The minimum absolute atomic E-state index is 0.142. The van der Waals surface area contributed by atoms with Gasteiger partial charge in [0, 0.05) is 5.02 Å². The van der Waals surface area contributed by atoms with Crippen LogP contribution in [0.4, 0.5) is 10.2 Å². The smallest absolute Gasteiger partial charge is 0.269 e. The van der Waals surface area contributed by atoms with Crippen LogP contribution in [0.15, 0.2) is 53.8 Å². The van der Waals surface area contributed by atoms with Crippen LogP contribution in [-0.2, 0) is 0 Å². The van der Waals surface area contributed by atoms with Gasteiger partial charge in [-0.3, -0.25) is 9.36 Å². The molecule has 0 saturated carbocycles. The third-order valence-corrected chi connectivity index (χ3v) is 5.53. The van der Waals surface area contributed by atoms with Crippen molar-refractivity contribution in [1.29, 1.82) is 0 Å². The summed E-state index contributed by atoms with van der Waals surface area (Å²) in [6.45, 7) is 1.79. The van der Waals surface area contributed by atoms with Gasteiger partial charge in [0.25, 0.3) is 5.56 Å². The van der Waals surface area contributed by atoms with E-state index in [2.05, 4.69) is 30.2 Å². The molecule has 8 nitrogen and oxygen atoms in total. The number of aromatic nitrogens is 6. The molecule has 2 N–H and O–H groups in total. The van der Waals surface area contributed by atoms with Crippen LogP contribution >= 0.6 is 23.2 Å². The lowest BCUT2D eigenvalue weighted by Crippen LogP contribution is -2.28. The quantitative estimate of drug-likeness (QED) is 0.396. The van der Waals surface area contributed by atoms with E-state index in [0.29, 0.717) is 27.8 Å². The molecule has 3 heterocycles. The van der Waals surface area contributed by atoms with Crippen LogP contribution in [0, 0.1) is 5.82 Å². The van der Waals surface area contributed by atoms with Gasteiger partial charge in [0.15, 0.2) is 11.5 Å². The van der Waals surface area contributed by atoms with E-state index in [1.807, 2.05) is 0 Å². The second-order valence-corrected chi connectivity index (χ2v) is 7.87. The third kappa shape index (κ3) is 3.35. The van der Waals surface area contributed by atoms with Crippen molar-refractivity contribution < 1.29 is 4.39 Å². The fourth-order valence-electron chi connectivity index (χ4n) is 3.53. The Kier molecular flexibility index (Phi) is 4.99. The van der Waals surface area contributed by atoms with Gasteiger partial charge in [-0.05, 0) is 37.3 Å². The number of fused-ring (bicyclic) bond motifs is 2. The first-order valence-electron chi connectivity index (χ1n) is 9.51. The molecular weight excluding hydrogens is 456 g/mol. The van der Waals surface area contributed by atoms with Gasteiger partial charge in [0.1, 0.15) is 28.9 Å². The summed E-state index contributed by atoms with van der Waals surface area (Å²) in [5.41, 5.74) is 0.992. The summed E-state index contributed by atoms with van der Waals surface area (Å²) >= 11 is 12.6. The van der Waals surface area contributed by atoms with E-state index in [-0.39, 0.29) is 21.6 Å². The van der Waals surface area contributed by atoms with Crippen molar-refractivity contribution in [1.82, 2.24) is 29.5 Å². The van der Waals surface area contributed by atoms with E-state index in [0.717, 1.165) is 0 Å². The van der Waals surface area contributed by atoms with Crippen molar-refractivity contribution >= 4 is 51.1 Å². The molecule has 1 atom stereocenters. The average Bonchev–Trinajstić information content (AvgIpc) is 3.25. The first-order chi connectivity index (χ1) is 15.4. The fraction of sp³-hybridized carbons (Fsp3) is 0.0952. The summed E-state index contributed by atoms with van der Waals surface area (Å²) in [4.78, 5) is 33.6. The molecule has 0 aliphatic carbocycles. The molecular formula is C21H14Cl2FN7O. The van der Waals surface area contributed by atoms with Crippen LogP contribution in [0.25, 0.3) is 27.8 Å². The van der Waals surface area contributed by atoms with Crippen LogP contribution < -0.4 is 10.9 Å². The molecule has 0 aliphatic rings. The Balaban J connectivity index is 1.75. The van der Waals surface area contributed by atoms with E-state index < -0.39 is 17.4 Å². The summed E-state index contributed by atoms with van der Waals surface area (Å²) < 4.78 is 15.8. The Labute approximate surface area is 190 Å². The summed E-state index contributed by atoms with van der Waals surface area (Å²) in [5.74, 6) is 0.0636. The highest BCUT2D eigenvalue weighted by atomic mass is 35.5. The molecule has 0 saturated heterocycles. The van der Waals surface area contributed by atoms with E-state index >= 15 is 0 Å². The Morgan fingerprint density at radius 3 is 2.84 bits per heavy atom. The molecule has 5 aromatic rings. The van der Waals surface area contributed by atoms with Crippen LogP contribution in [0.3, 0.4) is 0 Å². The molecule has 0 radical (unpaired) electrons. The van der Waals surface area contributed by atoms with E-state index in [1.54, 1.807) is 25.1 Å². The van der Waals surface area contributed by atoms with Crippen LogP contribution in [0.2, 0.25) is 10.0 Å².